The monoisotopic (exact) mass is 423 g/mol. The summed E-state index contributed by atoms with van der Waals surface area (Å²) >= 11 is 6.06. The van der Waals surface area contributed by atoms with Gasteiger partial charge in [-0.15, -0.1) is 0 Å². The number of methoxy groups -OCH3 is 1. The van der Waals surface area contributed by atoms with Crippen LogP contribution in [0.4, 0.5) is 11.4 Å². The molecule has 4 aromatic rings. The average molecular weight is 424 g/mol. The van der Waals surface area contributed by atoms with Crippen LogP contribution in [0.3, 0.4) is 0 Å². The summed E-state index contributed by atoms with van der Waals surface area (Å²) < 4.78 is 11.1. The van der Waals surface area contributed by atoms with Crippen LogP contribution in [0, 0.1) is 10.1 Å². The van der Waals surface area contributed by atoms with E-state index in [1.807, 2.05) is 24.3 Å². The molecule has 0 bridgehead atoms. The van der Waals surface area contributed by atoms with Gasteiger partial charge in [0, 0.05) is 17.7 Å². The number of ether oxygens (including phenoxy) is 1. The lowest BCUT2D eigenvalue weighted by atomic mass is 10.1. The average Bonchev–Trinajstić information content (AvgIpc) is 3.17. The zero-order valence-electron chi connectivity index (χ0n) is 15.6. The van der Waals surface area contributed by atoms with Crippen LogP contribution in [0.1, 0.15) is 10.4 Å². The highest BCUT2D eigenvalue weighted by Gasteiger charge is 2.18. The van der Waals surface area contributed by atoms with E-state index in [1.165, 1.54) is 19.2 Å². The number of nitro groups is 1. The highest BCUT2D eigenvalue weighted by atomic mass is 35.5. The number of benzene rings is 3. The number of non-ortho nitro benzene ring substituents is 1. The Bertz CT molecular complexity index is 1250. The molecule has 0 aliphatic carbocycles. The molecule has 1 amide bonds. The topological polar surface area (TPSA) is 108 Å². The maximum atomic E-state index is 12.7. The van der Waals surface area contributed by atoms with Crippen LogP contribution >= 0.6 is 11.6 Å². The summed E-state index contributed by atoms with van der Waals surface area (Å²) in [5.41, 5.74) is 2.26. The fourth-order valence-electron chi connectivity index (χ4n) is 2.93. The minimum absolute atomic E-state index is 0.0317. The van der Waals surface area contributed by atoms with E-state index in [1.54, 1.807) is 18.2 Å². The van der Waals surface area contributed by atoms with Gasteiger partial charge in [-0.2, -0.15) is 0 Å². The smallest absolute Gasteiger partial charge is 0.270 e. The van der Waals surface area contributed by atoms with Gasteiger partial charge in [0.25, 0.3) is 11.6 Å². The van der Waals surface area contributed by atoms with Crippen LogP contribution < -0.4 is 10.1 Å². The fraction of sp³-hybridized carbons (Fsp3) is 0.0476. The molecule has 0 radical (unpaired) electrons. The summed E-state index contributed by atoms with van der Waals surface area (Å²) in [5.74, 6) is 0.270. The number of hydrogen-bond acceptors (Lipinski definition) is 6. The molecule has 30 heavy (non-hydrogen) atoms. The van der Waals surface area contributed by atoms with Crippen LogP contribution in [0.2, 0.25) is 5.02 Å². The Labute approximate surface area is 175 Å². The molecule has 0 saturated carbocycles. The number of fused-ring (bicyclic) bond motifs is 1. The zero-order chi connectivity index (χ0) is 21.3. The van der Waals surface area contributed by atoms with Gasteiger partial charge in [0.1, 0.15) is 11.3 Å². The molecule has 1 N–H and O–H groups in total. The van der Waals surface area contributed by atoms with Crippen molar-refractivity contribution in [2.45, 2.75) is 0 Å². The summed E-state index contributed by atoms with van der Waals surface area (Å²) in [6.45, 7) is 0. The third-order valence-corrected chi connectivity index (χ3v) is 4.71. The van der Waals surface area contributed by atoms with E-state index < -0.39 is 10.8 Å². The zero-order valence-corrected chi connectivity index (χ0v) is 16.3. The third kappa shape index (κ3) is 3.68. The van der Waals surface area contributed by atoms with Crippen LogP contribution in [0.15, 0.2) is 65.1 Å². The summed E-state index contributed by atoms with van der Waals surface area (Å²) in [6, 6.07) is 16.1. The molecule has 0 fully saturated rings. The van der Waals surface area contributed by atoms with Crippen molar-refractivity contribution in [3.05, 3.63) is 81.4 Å². The molecule has 8 nitrogen and oxygen atoms in total. The number of carbonyl (C=O) groups excluding carboxylic acids is 1. The number of hydrogen-bond donors (Lipinski definition) is 1. The molecule has 0 saturated heterocycles. The highest BCUT2D eigenvalue weighted by Crippen LogP contribution is 2.33. The summed E-state index contributed by atoms with van der Waals surface area (Å²) in [7, 11) is 1.48. The van der Waals surface area contributed by atoms with E-state index in [-0.39, 0.29) is 16.3 Å². The van der Waals surface area contributed by atoms with Gasteiger partial charge < -0.3 is 14.5 Å². The normalized spacial score (nSPS) is 10.7. The second-order valence-electron chi connectivity index (χ2n) is 6.28. The number of halogens is 1. The first-order valence-electron chi connectivity index (χ1n) is 8.75. The lowest BCUT2D eigenvalue weighted by molar-refractivity contribution is -0.384. The molecule has 0 unspecified atom stereocenters. The molecule has 4 rings (SSSR count). The van der Waals surface area contributed by atoms with Gasteiger partial charge in [0.15, 0.2) is 5.58 Å². The molecular weight excluding hydrogens is 410 g/mol. The van der Waals surface area contributed by atoms with E-state index in [9.17, 15) is 14.9 Å². The standard InChI is InChI=1S/C21H14ClN3O5/c1-29-18-9-6-12(21-24-16-4-2-3-5-19(16)30-21)10-17(18)23-20(26)14-8-7-13(25(27)28)11-15(14)22/h2-11H,1H3,(H,23,26). The Morgan fingerprint density at radius 1 is 1.17 bits per heavy atom. The number of amides is 1. The summed E-state index contributed by atoms with van der Waals surface area (Å²) in [4.78, 5) is 27.4. The second kappa shape index (κ2) is 7.84. The summed E-state index contributed by atoms with van der Waals surface area (Å²) in [6.07, 6.45) is 0. The Hall–Kier alpha value is -3.91. The number of rotatable bonds is 5. The molecule has 3 aromatic carbocycles. The summed E-state index contributed by atoms with van der Waals surface area (Å²) in [5, 5.41) is 13.6. The van der Waals surface area contributed by atoms with Crippen molar-refractivity contribution < 1.29 is 18.9 Å². The van der Waals surface area contributed by atoms with Crippen molar-refractivity contribution >= 4 is 40.0 Å². The number of para-hydroxylation sites is 2. The van der Waals surface area contributed by atoms with Crippen LogP contribution in [0.5, 0.6) is 5.75 Å². The molecule has 1 heterocycles. The minimum Gasteiger partial charge on any atom is -0.495 e. The van der Waals surface area contributed by atoms with Crippen LogP contribution in [0.25, 0.3) is 22.6 Å². The number of nitro benzene ring substituents is 1. The van der Waals surface area contributed by atoms with Crippen molar-refractivity contribution in [1.82, 2.24) is 4.98 Å². The molecule has 9 heteroatoms. The molecule has 0 aliphatic heterocycles. The van der Waals surface area contributed by atoms with Gasteiger partial charge in [-0.3, -0.25) is 14.9 Å². The number of nitrogens with one attached hydrogen (secondary N) is 1. The van der Waals surface area contributed by atoms with Gasteiger partial charge in [0.2, 0.25) is 5.89 Å². The van der Waals surface area contributed by atoms with E-state index >= 15 is 0 Å². The van der Waals surface area contributed by atoms with Crippen molar-refractivity contribution in [3.8, 4) is 17.2 Å². The first-order chi connectivity index (χ1) is 14.5. The predicted molar refractivity (Wildman–Crippen MR) is 112 cm³/mol. The Kier molecular flexibility index (Phi) is 5.07. The van der Waals surface area contributed by atoms with Crippen molar-refractivity contribution in [2.75, 3.05) is 12.4 Å². The highest BCUT2D eigenvalue weighted by molar-refractivity contribution is 6.34. The van der Waals surface area contributed by atoms with E-state index in [2.05, 4.69) is 10.3 Å². The predicted octanol–water partition coefficient (Wildman–Crippen LogP) is 5.32. The molecule has 0 aliphatic rings. The molecule has 0 atom stereocenters. The second-order valence-corrected chi connectivity index (χ2v) is 6.68. The molecule has 1 aromatic heterocycles. The SMILES string of the molecule is COc1ccc(-c2nc3ccccc3o2)cc1NC(=O)c1ccc([N+](=O)[O-])cc1Cl. The van der Waals surface area contributed by atoms with Crippen LogP contribution in [-0.4, -0.2) is 22.9 Å². The molecule has 150 valence electrons. The van der Waals surface area contributed by atoms with E-state index in [0.717, 1.165) is 6.07 Å². The minimum atomic E-state index is -0.583. The van der Waals surface area contributed by atoms with E-state index in [0.29, 0.717) is 34.0 Å². The Balaban J connectivity index is 1.67. The quantitative estimate of drug-likeness (QED) is 0.344. The van der Waals surface area contributed by atoms with Crippen LogP contribution in [-0.2, 0) is 0 Å². The number of anilines is 1. The third-order valence-electron chi connectivity index (χ3n) is 4.40. The van der Waals surface area contributed by atoms with Crippen molar-refractivity contribution in [2.24, 2.45) is 0 Å². The van der Waals surface area contributed by atoms with Gasteiger partial charge in [-0.25, -0.2) is 4.98 Å². The fourth-order valence-corrected chi connectivity index (χ4v) is 3.19. The number of nitrogens with zero attached hydrogens (tertiary/aromatic N) is 2. The number of oxazole rings is 1. The van der Waals surface area contributed by atoms with Gasteiger partial charge in [0.05, 0.1) is 28.3 Å². The first kappa shape index (κ1) is 19.4. The molecular formula is C21H14ClN3O5. The Morgan fingerprint density at radius 2 is 1.97 bits per heavy atom. The lowest BCUT2D eigenvalue weighted by Crippen LogP contribution is -2.13. The maximum absolute atomic E-state index is 12.7. The van der Waals surface area contributed by atoms with E-state index in [4.69, 9.17) is 20.8 Å². The van der Waals surface area contributed by atoms with Gasteiger partial charge >= 0.3 is 0 Å². The number of aromatic nitrogens is 1. The van der Waals surface area contributed by atoms with Gasteiger partial charge in [-0.05, 0) is 36.4 Å². The molecule has 0 spiro atoms. The first-order valence-corrected chi connectivity index (χ1v) is 9.13. The Morgan fingerprint density at radius 3 is 2.67 bits per heavy atom. The lowest BCUT2D eigenvalue weighted by Gasteiger charge is -2.12. The number of carbonyl (C=O) groups is 1. The largest absolute Gasteiger partial charge is 0.495 e. The van der Waals surface area contributed by atoms with Crippen molar-refractivity contribution in [1.29, 1.82) is 0 Å². The maximum Gasteiger partial charge on any atom is 0.270 e. The van der Waals surface area contributed by atoms with Gasteiger partial charge in [-0.1, -0.05) is 23.7 Å². The van der Waals surface area contributed by atoms with Crippen molar-refractivity contribution in [3.63, 3.8) is 0 Å².